The van der Waals surface area contributed by atoms with Gasteiger partial charge in [-0.3, -0.25) is 10.1 Å². The zero-order valence-electron chi connectivity index (χ0n) is 9.74. The van der Waals surface area contributed by atoms with Crippen molar-refractivity contribution in [3.8, 4) is 0 Å². The second-order valence-corrected chi connectivity index (χ2v) is 4.25. The lowest BCUT2D eigenvalue weighted by Gasteiger charge is -2.09. The number of halogens is 1. The SMILES string of the molecule is CC(C)NCCNc1ncc(Cl)cc1[N+](=O)[O-]. The van der Waals surface area contributed by atoms with Gasteiger partial charge in [-0.05, 0) is 0 Å². The molecule has 0 amide bonds. The van der Waals surface area contributed by atoms with Crippen LogP contribution < -0.4 is 10.6 Å². The van der Waals surface area contributed by atoms with E-state index in [1.807, 2.05) is 13.8 Å². The van der Waals surface area contributed by atoms with Crippen LogP contribution in [0.2, 0.25) is 5.02 Å². The number of hydrogen-bond acceptors (Lipinski definition) is 5. The Balaban J connectivity index is 2.61. The van der Waals surface area contributed by atoms with Crippen LogP contribution in [0.5, 0.6) is 0 Å². The van der Waals surface area contributed by atoms with Crippen LogP contribution in [-0.4, -0.2) is 29.0 Å². The second-order valence-electron chi connectivity index (χ2n) is 3.81. The summed E-state index contributed by atoms with van der Waals surface area (Å²) in [5.74, 6) is 0.241. The van der Waals surface area contributed by atoms with Crippen LogP contribution in [0.3, 0.4) is 0 Å². The van der Waals surface area contributed by atoms with Gasteiger partial charge in [0.2, 0.25) is 5.82 Å². The molecule has 0 spiro atoms. The van der Waals surface area contributed by atoms with Crippen LogP contribution in [-0.2, 0) is 0 Å². The third-order valence-electron chi connectivity index (χ3n) is 2.00. The summed E-state index contributed by atoms with van der Waals surface area (Å²) in [5, 5.41) is 17.1. The van der Waals surface area contributed by atoms with E-state index >= 15 is 0 Å². The van der Waals surface area contributed by atoms with Gasteiger partial charge in [0, 0.05) is 31.4 Å². The molecule has 94 valence electrons. The van der Waals surface area contributed by atoms with Crippen molar-refractivity contribution in [2.24, 2.45) is 0 Å². The summed E-state index contributed by atoms with van der Waals surface area (Å²) in [6, 6.07) is 1.66. The fraction of sp³-hybridized carbons (Fsp3) is 0.500. The van der Waals surface area contributed by atoms with E-state index in [0.717, 1.165) is 0 Å². The van der Waals surface area contributed by atoms with E-state index in [1.165, 1.54) is 12.3 Å². The number of anilines is 1. The maximum absolute atomic E-state index is 10.8. The number of rotatable bonds is 6. The van der Waals surface area contributed by atoms with Crippen molar-refractivity contribution in [3.05, 3.63) is 27.4 Å². The normalized spacial score (nSPS) is 10.6. The highest BCUT2D eigenvalue weighted by molar-refractivity contribution is 6.30. The van der Waals surface area contributed by atoms with E-state index in [2.05, 4.69) is 15.6 Å². The molecule has 1 aromatic rings. The molecular formula is C10H15ClN4O2. The summed E-state index contributed by atoms with van der Waals surface area (Å²) in [7, 11) is 0. The van der Waals surface area contributed by atoms with Gasteiger partial charge in [-0.15, -0.1) is 0 Å². The van der Waals surface area contributed by atoms with Crippen molar-refractivity contribution in [1.29, 1.82) is 0 Å². The predicted octanol–water partition coefficient (Wildman–Crippen LogP) is 2.05. The Morgan fingerprint density at radius 2 is 2.24 bits per heavy atom. The van der Waals surface area contributed by atoms with E-state index in [0.29, 0.717) is 19.1 Å². The Hall–Kier alpha value is -1.40. The van der Waals surface area contributed by atoms with E-state index in [-0.39, 0.29) is 16.5 Å². The number of hydrogen-bond donors (Lipinski definition) is 2. The summed E-state index contributed by atoms with van der Waals surface area (Å²) in [5.41, 5.74) is -0.109. The molecule has 0 atom stereocenters. The maximum atomic E-state index is 10.8. The molecule has 0 saturated heterocycles. The number of nitrogens with one attached hydrogen (secondary N) is 2. The molecule has 0 aromatic carbocycles. The monoisotopic (exact) mass is 258 g/mol. The second kappa shape index (κ2) is 6.36. The van der Waals surface area contributed by atoms with E-state index < -0.39 is 4.92 Å². The largest absolute Gasteiger partial charge is 0.363 e. The van der Waals surface area contributed by atoms with E-state index in [1.54, 1.807) is 0 Å². The Kier molecular flexibility index (Phi) is 5.11. The Morgan fingerprint density at radius 1 is 1.53 bits per heavy atom. The van der Waals surface area contributed by atoms with Crippen LogP contribution >= 0.6 is 11.6 Å². The highest BCUT2D eigenvalue weighted by atomic mass is 35.5. The summed E-state index contributed by atoms with van der Waals surface area (Å²) < 4.78 is 0. The van der Waals surface area contributed by atoms with Gasteiger partial charge in [-0.1, -0.05) is 25.4 Å². The minimum atomic E-state index is -0.503. The van der Waals surface area contributed by atoms with Crippen LogP contribution in [0.4, 0.5) is 11.5 Å². The molecule has 0 radical (unpaired) electrons. The molecular weight excluding hydrogens is 244 g/mol. The van der Waals surface area contributed by atoms with Crippen molar-refractivity contribution < 1.29 is 4.92 Å². The van der Waals surface area contributed by atoms with Gasteiger partial charge >= 0.3 is 5.69 Å². The van der Waals surface area contributed by atoms with Crippen molar-refractivity contribution in [3.63, 3.8) is 0 Å². The van der Waals surface area contributed by atoms with Gasteiger partial charge in [-0.2, -0.15) is 0 Å². The molecule has 0 aliphatic rings. The van der Waals surface area contributed by atoms with Gasteiger partial charge in [0.1, 0.15) is 0 Å². The first kappa shape index (κ1) is 13.7. The zero-order chi connectivity index (χ0) is 12.8. The predicted molar refractivity (Wildman–Crippen MR) is 67.5 cm³/mol. The summed E-state index contributed by atoms with van der Waals surface area (Å²) >= 11 is 5.66. The maximum Gasteiger partial charge on any atom is 0.312 e. The first-order chi connectivity index (χ1) is 8.00. The average Bonchev–Trinajstić information content (AvgIpc) is 2.25. The lowest BCUT2D eigenvalue weighted by molar-refractivity contribution is -0.384. The van der Waals surface area contributed by atoms with Crippen molar-refractivity contribution in [2.45, 2.75) is 19.9 Å². The number of pyridine rings is 1. The topological polar surface area (TPSA) is 80.1 Å². The zero-order valence-corrected chi connectivity index (χ0v) is 10.5. The van der Waals surface area contributed by atoms with Gasteiger partial charge in [0.15, 0.2) is 0 Å². The standard InChI is InChI=1S/C10H15ClN4O2/c1-7(2)12-3-4-13-10-9(15(16)17)5-8(11)6-14-10/h5-7,12H,3-4H2,1-2H3,(H,13,14). The number of nitrogens with zero attached hydrogens (tertiary/aromatic N) is 2. The van der Waals surface area contributed by atoms with Crippen LogP contribution in [0, 0.1) is 10.1 Å². The van der Waals surface area contributed by atoms with Gasteiger partial charge in [0.05, 0.1) is 9.95 Å². The molecule has 7 heteroatoms. The van der Waals surface area contributed by atoms with Crippen LogP contribution in [0.1, 0.15) is 13.8 Å². The smallest absolute Gasteiger partial charge is 0.312 e. The Labute approximate surface area is 105 Å². The highest BCUT2D eigenvalue weighted by Crippen LogP contribution is 2.24. The van der Waals surface area contributed by atoms with Crippen LogP contribution in [0.15, 0.2) is 12.3 Å². The third-order valence-corrected chi connectivity index (χ3v) is 2.21. The summed E-state index contributed by atoms with van der Waals surface area (Å²) in [6.45, 7) is 5.33. The van der Waals surface area contributed by atoms with E-state index in [4.69, 9.17) is 11.6 Å². The fourth-order valence-corrected chi connectivity index (χ4v) is 1.40. The Morgan fingerprint density at radius 3 is 2.82 bits per heavy atom. The molecule has 0 bridgehead atoms. The molecule has 1 heterocycles. The van der Waals surface area contributed by atoms with E-state index in [9.17, 15) is 10.1 Å². The molecule has 0 saturated carbocycles. The van der Waals surface area contributed by atoms with Crippen molar-refractivity contribution in [1.82, 2.24) is 10.3 Å². The lowest BCUT2D eigenvalue weighted by Crippen LogP contribution is -2.28. The first-order valence-electron chi connectivity index (χ1n) is 5.28. The molecule has 1 aromatic heterocycles. The van der Waals surface area contributed by atoms with Gasteiger partial charge < -0.3 is 10.6 Å². The molecule has 0 fully saturated rings. The fourth-order valence-electron chi connectivity index (χ4n) is 1.25. The van der Waals surface area contributed by atoms with Crippen LogP contribution in [0.25, 0.3) is 0 Å². The molecule has 6 nitrogen and oxygen atoms in total. The number of aromatic nitrogens is 1. The molecule has 17 heavy (non-hydrogen) atoms. The van der Waals surface area contributed by atoms with Gasteiger partial charge in [0.25, 0.3) is 0 Å². The lowest BCUT2D eigenvalue weighted by atomic mass is 10.3. The highest BCUT2D eigenvalue weighted by Gasteiger charge is 2.15. The van der Waals surface area contributed by atoms with Gasteiger partial charge in [-0.25, -0.2) is 4.98 Å². The van der Waals surface area contributed by atoms with Crippen molar-refractivity contribution >= 4 is 23.1 Å². The molecule has 1 rings (SSSR count). The summed E-state index contributed by atoms with van der Waals surface area (Å²) in [4.78, 5) is 14.2. The molecule has 2 N–H and O–H groups in total. The molecule has 0 aliphatic heterocycles. The first-order valence-corrected chi connectivity index (χ1v) is 5.65. The minimum absolute atomic E-state index is 0.109. The summed E-state index contributed by atoms with van der Waals surface area (Å²) in [6.07, 6.45) is 1.38. The number of nitro groups is 1. The molecule has 0 unspecified atom stereocenters. The minimum Gasteiger partial charge on any atom is -0.363 e. The molecule has 0 aliphatic carbocycles. The average molecular weight is 259 g/mol. The quantitative estimate of drug-likeness (QED) is 0.464. The van der Waals surface area contributed by atoms with Crippen molar-refractivity contribution in [2.75, 3.05) is 18.4 Å². The third kappa shape index (κ3) is 4.54. The Bertz CT molecular complexity index is 398.